The summed E-state index contributed by atoms with van der Waals surface area (Å²) in [7, 11) is 1.54. The van der Waals surface area contributed by atoms with Crippen LogP contribution in [0.5, 0.6) is 5.88 Å². The number of halogens is 2. The van der Waals surface area contributed by atoms with Crippen LogP contribution in [0.4, 0.5) is 5.69 Å². The van der Waals surface area contributed by atoms with Gasteiger partial charge in [0.05, 0.1) is 23.4 Å². The third-order valence-electron chi connectivity index (χ3n) is 3.46. The Balaban J connectivity index is 1.76. The van der Waals surface area contributed by atoms with Crippen molar-refractivity contribution in [2.45, 2.75) is 0 Å². The average molecular weight is 419 g/mol. The molecular weight excluding hydrogens is 406 g/mol. The Morgan fingerprint density at radius 2 is 1.84 bits per heavy atom. The maximum absolute atomic E-state index is 12.4. The SMILES string of the molecule is COc1ccc(-c2ccc(NC(=O)c3cc(Br)ccc3Cl)cc2)nn1. The molecule has 3 aromatic rings. The molecule has 1 heterocycles. The number of nitrogens with zero attached hydrogens (tertiary/aromatic N) is 2. The zero-order chi connectivity index (χ0) is 17.8. The number of benzene rings is 2. The maximum Gasteiger partial charge on any atom is 0.257 e. The van der Waals surface area contributed by atoms with Crippen LogP contribution in [0.2, 0.25) is 5.02 Å². The number of nitrogens with one attached hydrogen (secondary N) is 1. The van der Waals surface area contributed by atoms with Crippen LogP contribution in [0, 0.1) is 0 Å². The standard InChI is InChI=1S/C18H13BrClN3O2/c1-25-17-9-8-16(22-23-17)11-2-5-13(6-3-11)21-18(24)14-10-12(19)4-7-15(14)20/h2-10H,1H3,(H,21,24). The predicted octanol–water partition coefficient (Wildman–Crippen LogP) is 4.82. The second-order valence-corrected chi connectivity index (χ2v) is 6.44. The molecule has 2 aromatic carbocycles. The molecule has 0 aliphatic rings. The third kappa shape index (κ3) is 4.15. The summed E-state index contributed by atoms with van der Waals surface area (Å²) in [6.45, 7) is 0. The van der Waals surface area contributed by atoms with Gasteiger partial charge in [-0.25, -0.2) is 0 Å². The molecule has 7 heteroatoms. The van der Waals surface area contributed by atoms with Crippen LogP contribution in [0.25, 0.3) is 11.3 Å². The van der Waals surface area contributed by atoms with Gasteiger partial charge >= 0.3 is 0 Å². The summed E-state index contributed by atoms with van der Waals surface area (Å²) in [6.07, 6.45) is 0. The predicted molar refractivity (Wildman–Crippen MR) is 101 cm³/mol. The minimum absolute atomic E-state index is 0.275. The monoisotopic (exact) mass is 417 g/mol. The number of aromatic nitrogens is 2. The number of anilines is 1. The van der Waals surface area contributed by atoms with Gasteiger partial charge in [0.25, 0.3) is 5.91 Å². The first-order valence-electron chi connectivity index (χ1n) is 7.31. The van der Waals surface area contributed by atoms with E-state index in [4.69, 9.17) is 16.3 Å². The van der Waals surface area contributed by atoms with Crippen molar-refractivity contribution in [3.05, 3.63) is 69.7 Å². The van der Waals surface area contributed by atoms with Crippen LogP contribution in [-0.2, 0) is 0 Å². The Labute approximate surface area is 158 Å². The molecule has 0 spiro atoms. The molecule has 0 saturated carbocycles. The van der Waals surface area contributed by atoms with Crippen molar-refractivity contribution in [2.75, 3.05) is 12.4 Å². The van der Waals surface area contributed by atoms with Gasteiger partial charge < -0.3 is 10.1 Å². The van der Waals surface area contributed by atoms with Gasteiger partial charge in [-0.05, 0) is 36.4 Å². The zero-order valence-electron chi connectivity index (χ0n) is 13.2. The Morgan fingerprint density at radius 1 is 1.08 bits per heavy atom. The largest absolute Gasteiger partial charge is 0.480 e. The number of amides is 1. The van der Waals surface area contributed by atoms with Gasteiger partial charge in [0.2, 0.25) is 5.88 Å². The van der Waals surface area contributed by atoms with E-state index >= 15 is 0 Å². The van der Waals surface area contributed by atoms with E-state index in [0.29, 0.717) is 27.8 Å². The van der Waals surface area contributed by atoms with Crippen molar-refractivity contribution in [3.63, 3.8) is 0 Å². The Hall–Kier alpha value is -2.44. The molecule has 0 bridgehead atoms. The molecule has 0 fully saturated rings. The van der Waals surface area contributed by atoms with Gasteiger partial charge in [-0.1, -0.05) is 39.7 Å². The van der Waals surface area contributed by atoms with Crippen LogP contribution >= 0.6 is 27.5 Å². The molecule has 0 atom stereocenters. The summed E-state index contributed by atoms with van der Waals surface area (Å²) < 4.78 is 5.78. The highest BCUT2D eigenvalue weighted by molar-refractivity contribution is 9.10. The first kappa shape index (κ1) is 17.4. The van der Waals surface area contributed by atoms with Gasteiger partial charge in [0.1, 0.15) is 0 Å². The zero-order valence-corrected chi connectivity index (χ0v) is 15.5. The highest BCUT2D eigenvalue weighted by atomic mass is 79.9. The molecular formula is C18H13BrClN3O2. The molecule has 126 valence electrons. The summed E-state index contributed by atoms with van der Waals surface area (Å²) in [5.41, 5.74) is 2.66. The number of rotatable bonds is 4. The summed E-state index contributed by atoms with van der Waals surface area (Å²) >= 11 is 9.42. The number of hydrogen-bond acceptors (Lipinski definition) is 4. The lowest BCUT2D eigenvalue weighted by Gasteiger charge is -2.08. The summed E-state index contributed by atoms with van der Waals surface area (Å²) in [5.74, 6) is 0.182. The van der Waals surface area contributed by atoms with Gasteiger partial charge in [0, 0.05) is 21.8 Å². The highest BCUT2D eigenvalue weighted by Crippen LogP contribution is 2.24. The van der Waals surface area contributed by atoms with E-state index in [9.17, 15) is 4.79 Å². The Bertz CT molecular complexity index is 899. The molecule has 0 aliphatic carbocycles. The second-order valence-electron chi connectivity index (χ2n) is 5.12. The smallest absolute Gasteiger partial charge is 0.257 e. The molecule has 3 rings (SSSR count). The molecule has 1 N–H and O–H groups in total. The van der Waals surface area contributed by atoms with Crippen molar-refractivity contribution < 1.29 is 9.53 Å². The van der Waals surface area contributed by atoms with E-state index in [-0.39, 0.29) is 5.91 Å². The second kappa shape index (κ2) is 7.63. The first-order valence-corrected chi connectivity index (χ1v) is 8.48. The Kier molecular flexibility index (Phi) is 5.31. The minimum Gasteiger partial charge on any atom is -0.480 e. The fourth-order valence-corrected chi connectivity index (χ4v) is 2.74. The van der Waals surface area contributed by atoms with E-state index < -0.39 is 0 Å². The highest BCUT2D eigenvalue weighted by Gasteiger charge is 2.11. The van der Waals surface area contributed by atoms with E-state index in [1.54, 1.807) is 43.5 Å². The number of methoxy groups -OCH3 is 1. The fourth-order valence-electron chi connectivity index (χ4n) is 2.18. The van der Waals surface area contributed by atoms with Crippen molar-refractivity contribution >= 4 is 39.1 Å². The summed E-state index contributed by atoms with van der Waals surface area (Å²) in [6, 6.07) is 16.0. The fraction of sp³-hybridized carbons (Fsp3) is 0.0556. The van der Waals surface area contributed by atoms with Gasteiger partial charge in [-0.3, -0.25) is 4.79 Å². The van der Waals surface area contributed by atoms with Crippen molar-refractivity contribution in [2.24, 2.45) is 0 Å². The van der Waals surface area contributed by atoms with E-state index in [0.717, 1.165) is 10.0 Å². The maximum atomic E-state index is 12.4. The van der Waals surface area contributed by atoms with E-state index in [1.807, 2.05) is 18.2 Å². The number of carbonyl (C=O) groups is 1. The van der Waals surface area contributed by atoms with Crippen LogP contribution in [-0.4, -0.2) is 23.2 Å². The molecule has 25 heavy (non-hydrogen) atoms. The normalized spacial score (nSPS) is 10.4. The lowest BCUT2D eigenvalue weighted by molar-refractivity contribution is 0.102. The Morgan fingerprint density at radius 3 is 2.48 bits per heavy atom. The molecule has 0 saturated heterocycles. The molecule has 0 unspecified atom stereocenters. The number of hydrogen-bond donors (Lipinski definition) is 1. The lowest BCUT2D eigenvalue weighted by Crippen LogP contribution is -2.12. The molecule has 0 aliphatic heterocycles. The van der Waals surface area contributed by atoms with Crippen LogP contribution < -0.4 is 10.1 Å². The van der Waals surface area contributed by atoms with Gasteiger partial charge in [0.15, 0.2) is 0 Å². The van der Waals surface area contributed by atoms with Crippen LogP contribution in [0.15, 0.2) is 59.1 Å². The van der Waals surface area contributed by atoms with Gasteiger partial charge in [-0.2, -0.15) is 0 Å². The van der Waals surface area contributed by atoms with E-state index in [1.165, 1.54) is 0 Å². The van der Waals surface area contributed by atoms with Crippen molar-refractivity contribution in [3.8, 4) is 17.1 Å². The number of carbonyl (C=O) groups excluding carboxylic acids is 1. The summed E-state index contributed by atoms with van der Waals surface area (Å²) in [5, 5.41) is 11.3. The van der Waals surface area contributed by atoms with Crippen molar-refractivity contribution in [1.29, 1.82) is 0 Å². The number of ether oxygens (including phenoxy) is 1. The topological polar surface area (TPSA) is 64.1 Å². The quantitative estimate of drug-likeness (QED) is 0.660. The summed E-state index contributed by atoms with van der Waals surface area (Å²) in [4.78, 5) is 12.4. The average Bonchev–Trinajstić information content (AvgIpc) is 2.64. The first-order chi connectivity index (χ1) is 12.1. The lowest BCUT2D eigenvalue weighted by atomic mass is 10.1. The van der Waals surface area contributed by atoms with Crippen molar-refractivity contribution in [1.82, 2.24) is 10.2 Å². The molecule has 1 aromatic heterocycles. The van der Waals surface area contributed by atoms with E-state index in [2.05, 4.69) is 31.4 Å². The molecule has 0 radical (unpaired) electrons. The van der Waals surface area contributed by atoms with Gasteiger partial charge in [-0.15, -0.1) is 10.2 Å². The third-order valence-corrected chi connectivity index (χ3v) is 4.28. The molecule has 5 nitrogen and oxygen atoms in total. The minimum atomic E-state index is -0.275. The molecule has 1 amide bonds. The van der Waals surface area contributed by atoms with Crippen LogP contribution in [0.1, 0.15) is 10.4 Å². The van der Waals surface area contributed by atoms with Crippen LogP contribution in [0.3, 0.4) is 0 Å².